The second-order valence-corrected chi connectivity index (χ2v) is 9.85. The third-order valence-corrected chi connectivity index (χ3v) is 7.74. The predicted octanol–water partition coefficient (Wildman–Crippen LogP) is 3.70. The molecule has 176 valence electrons. The summed E-state index contributed by atoms with van der Waals surface area (Å²) in [5.41, 5.74) is 3.84. The fourth-order valence-electron chi connectivity index (χ4n) is 5.98. The summed E-state index contributed by atoms with van der Waals surface area (Å²) in [4.78, 5) is 8.89. The molecular weight excluding hydrogens is 414 g/mol. The van der Waals surface area contributed by atoms with Crippen LogP contribution in [0.4, 0.5) is 0 Å². The van der Waals surface area contributed by atoms with Crippen LogP contribution in [0.2, 0.25) is 0 Å². The van der Waals surface area contributed by atoms with Crippen molar-refractivity contribution in [3.05, 3.63) is 65.5 Å². The number of rotatable bonds is 2. The summed E-state index contributed by atoms with van der Waals surface area (Å²) in [5, 5.41) is 9.97. The molecule has 4 aliphatic rings. The van der Waals surface area contributed by atoms with Crippen molar-refractivity contribution >= 4 is 0 Å². The Balaban J connectivity index is 0.000000162. The van der Waals surface area contributed by atoms with Crippen molar-refractivity contribution in [1.29, 1.82) is 0 Å². The fraction of sp³-hybridized carbons (Fsp3) is 0.519. The molecule has 4 atom stereocenters. The van der Waals surface area contributed by atoms with E-state index in [1.165, 1.54) is 36.1 Å². The number of hydrogen-bond acceptors (Lipinski definition) is 6. The van der Waals surface area contributed by atoms with Crippen LogP contribution >= 0.6 is 0 Å². The number of aromatic nitrogens is 1. The number of hydrogen-bond donors (Lipinski definition) is 1. The zero-order chi connectivity index (χ0) is 23.0. The van der Waals surface area contributed by atoms with Crippen molar-refractivity contribution in [1.82, 2.24) is 14.8 Å². The summed E-state index contributed by atoms with van der Waals surface area (Å²) >= 11 is 0. The Bertz CT molecular complexity index is 1010. The van der Waals surface area contributed by atoms with Crippen LogP contribution in [-0.4, -0.2) is 66.4 Å². The van der Waals surface area contributed by atoms with Gasteiger partial charge in [0.05, 0.1) is 18.6 Å². The van der Waals surface area contributed by atoms with Crippen LogP contribution in [-0.2, 0) is 12.0 Å². The highest BCUT2D eigenvalue weighted by atomic mass is 16.5. The van der Waals surface area contributed by atoms with Gasteiger partial charge in [0.1, 0.15) is 6.10 Å². The first-order valence-electron chi connectivity index (χ1n) is 12.0. The van der Waals surface area contributed by atoms with Gasteiger partial charge in [0.25, 0.3) is 0 Å². The molecule has 1 aromatic carbocycles. The highest BCUT2D eigenvalue weighted by Crippen LogP contribution is 2.55. The Morgan fingerprint density at radius 1 is 1.21 bits per heavy atom. The number of aliphatic hydroxyl groups is 1. The molecule has 1 spiro atoms. The molecule has 1 N–H and O–H groups in total. The monoisotopic (exact) mass is 449 g/mol. The molecule has 6 nitrogen and oxygen atoms in total. The first-order valence-corrected chi connectivity index (χ1v) is 12.0. The van der Waals surface area contributed by atoms with Crippen LogP contribution in [0.25, 0.3) is 0 Å². The van der Waals surface area contributed by atoms with Gasteiger partial charge in [-0.15, -0.1) is 0 Å². The number of likely N-dealkylation sites (tertiary alicyclic amines) is 1. The lowest BCUT2D eigenvalue weighted by molar-refractivity contribution is 0.0821. The Kier molecular flexibility index (Phi) is 6.16. The quantitative estimate of drug-likeness (QED) is 0.706. The first kappa shape index (κ1) is 22.4. The molecule has 1 aromatic heterocycles. The van der Waals surface area contributed by atoms with Gasteiger partial charge in [-0.2, -0.15) is 0 Å². The maximum absolute atomic E-state index is 9.97. The van der Waals surface area contributed by atoms with Crippen molar-refractivity contribution in [3.63, 3.8) is 0 Å². The van der Waals surface area contributed by atoms with E-state index in [0.29, 0.717) is 12.5 Å². The number of ether oxygens (including phenoxy) is 2. The summed E-state index contributed by atoms with van der Waals surface area (Å²) in [6.07, 6.45) is 11.8. The van der Waals surface area contributed by atoms with Gasteiger partial charge >= 0.3 is 0 Å². The predicted molar refractivity (Wildman–Crippen MR) is 129 cm³/mol. The molecule has 6 rings (SSSR count). The molecule has 0 unspecified atom stereocenters. The van der Waals surface area contributed by atoms with Crippen molar-refractivity contribution < 1.29 is 14.6 Å². The number of nitrogens with zero attached hydrogens (tertiary/aromatic N) is 3. The van der Waals surface area contributed by atoms with Gasteiger partial charge in [0, 0.05) is 37.0 Å². The molecule has 2 aromatic rings. The van der Waals surface area contributed by atoms with Crippen molar-refractivity contribution in [3.8, 4) is 11.5 Å². The van der Waals surface area contributed by atoms with Crippen LogP contribution < -0.4 is 9.47 Å². The first-order chi connectivity index (χ1) is 16.0. The molecule has 0 saturated carbocycles. The smallest absolute Gasteiger partial charge is 0.166 e. The van der Waals surface area contributed by atoms with Crippen molar-refractivity contribution in [2.45, 2.75) is 55.9 Å². The molecular formula is C27H35N3O3. The number of methoxy groups -OCH3 is 1. The topological polar surface area (TPSA) is 58.1 Å². The van der Waals surface area contributed by atoms with Gasteiger partial charge in [-0.25, -0.2) is 0 Å². The Morgan fingerprint density at radius 3 is 2.82 bits per heavy atom. The molecule has 1 aliphatic carbocycles. The van der Waals surface area contributed by atoms with E-state index in [1.54, 1.807) is 7.11 Å². The molecule has 1 fully saturated rings. The third kappa shape index (κ3) is 4.05. The second-order valence-electron chi connectivity index (χ2n) is 9.85. The van der Waals surface area contributed by atoms with E-state index in [2.05, 4.69) is 47.1 Å². The van der Waals surface area contributed by atoms with Gasteiger partial charge in [-0.05, 0) is 69.7 Å². The molecule has 3 aliphatic heterocycles. The van der Waals surface area contributed by atoms with E-state index in [9.17, 15) is 5.11 Å². The van der Waals surface area contributed by atoms with Crippen LogP contribution in [0, 0.1) is 0 Å². The normalized spacial score (nSPS) is 30.5. The van der Waals surface area contributed by atoms with E-state index in [0.717, 1.165) is 31.0 Å². The highest BCUT2D eigenvalue weighted by molar-refractivity contribution is 5.60. The van der Waals surface area contributed by atoms with Gasteiger partial charge in [0.15, 0.2) is 11.5 Å². The maximum Gasteiger partial charge on any atom is 0.166 e. The van der Waals surface area contributed by atoms with E-state index >= 15 is 0 Å². The van der Waals surface area contributed by atoms with Crippen molar-refractivity contribution in [2.75, 3.05) is 34.3 Å². The summed E-state index contributed by atoms with van der Waals surface area (Å²) < 4.78 is 11.8. The standard InChI is InChI=1S/C17H21NO3.C10H14N2/c1-18-8-7-17-6-5-12(19)9-14(17)21-16-13(20-2)4-3-11(10-18)15(16)17;1-12-7-3-5-10(12)9-4-2-6-11-8-9/h3-6,12,14,19H,7-10H2,1-2H3;2,4,6,8,10H,3,5,7H2,1H3/t12-,14-,17-;10-/m00/s1. The van der Waals surface area contributed by atoms with Crippen LogP contribution in [0.3, 0.4) is 0 Å². The SMILES string of the molecule is CN1CCC[C@H]1c1cccnc1.COc1ccc2c3c1O[C@H]1C[C@@H](O)C=C[C@@]31CCN(C)C2. The fourth-order valence-corrected chi connectivity index (χ4v) is 5.98. The molecule has 4 heterocycles. The van der Waals surface area contributed by atoms with E-state index in [1.807, 2.05) is 30.6 Å². The lowest BCUT2D eigenvalue weighted by Crippen LogP contribution is -2.42. The highest BCUT2D eigenvalue weighted by Gasteiger charge is 2.52. The molecule has 33 heavy (non-hydrogen) atoms. The summed E-state index contributed by atoms with van der Waals surface area (Å²) in [5.74, 6) is 1.68. The molecule has 0 bridgehead atoms. The minimum absolute atomic E-state index is 0.00838. The summed E-state index contributed by atoms with van der Waals surface area (Å²) in [6, 6.07) is 8.95. The maximum atomic E-state index is 9.97. The van der Waals surface area contributed by atoms with E-state index in [4.69, 9.17) is 9.47 Å². The number of benzene rings is 1. The van der Waals surface area contributed by atoms with Gasteiger partial charge in [-0.1, -0.05) is 24.3 Å². The molecule has 0 radical (unpaired) electrons. The average Bonchev–Trinajstić information content (AvgIpc) is 3.36. The largest absolute Gasteiger partial charge is 0.493 e. The molecule has 0 amide bonds. The zero-order valence-corrected chi connectivity index (χ0v) is 19.9. The average molecular weight is 450 g/mol. The minimum atomic E-state index is -0.412. The minimum Gasteiger partial charge on any atom is -0.493 e. The Hall–Kier alpha value is -2.41. The summed E-state index contributed by atoms with van der Waals surface area (Å²) in [6.45, 7) is 3.18. The van der Waals surface area contributed by atoms with Gasteiger partial charge in [-0.3, -0.25) is 9.88 Å². The Morgan fingerprint density at radius 2 is 2.09 bits per heavy atom. The molecule has 1 saturated heterocycles. The van der Waals surface area contributed by atoms with Gasteiger partial charge in [0.2, 0.25) is 0 Å². The lowest BCUT2D eigenvalue weighted by Gasteiger charge is -2.35. The summed E-state index contributed by atoms with van der Waals surface area (Å²) in [7, 11) is 6.03. The van der Waals surface area contributed by atoms with E-state index in [-0.39, 0.29) is 11.5 Å². The van der Waals surface area contributed by atoms with Gasteiger partial charge < -0.3 is 19.5 Å². The second kappa shape index (κ2) is 9.09. The number of aliphatic hydroxyl groups excluding tert-OH is 1. The van der Waals surface area contributed by atoms with Crippen LogP contribution in [0.15, 0.2) is 48.8 Å². The van der Waals surface area contributed by atoms with E-state index < -0.39 is 6.10 Å². The lowest BCUT2D eigenvalue weighted by atomic mass is 9.69. The van der Waals surface area contributed by atoms with Crippen molar-refractivity contribution in [2.24, 2.45) is 0 Å². The van der Waals surface area contributed by atoms with Crippen LogP contribution in [0.1, 0.15) is 48.4 Å². The van der Waals surface area contributed by atoms with Crippen LogP contribution in [0.5, 0.6) is 11.5 Å². The Labute approximate surface area is 196 Å². The number of pyridine rings is 1. The molecule has 6 heteroatoms. The third-order valence-electron chi connectivity index (χ3n) is 7.74. The zero-order valence-electron chi connectivity index (χ0n) is 19.9.